The van der Waals surface area contributed by atoms with Crippen LogP contribution in [0, 0.1) is 0 Å². The van der Waals surface area contributed by atoms with Crippen LogP contribution in [0.4, 0.5) is 0 Å². The highest BCUT2D eigenvalue weighted by atomic mass is 16.5. The minimum atomic E-state index is -0.969. The summed E-state index contributed by atoms with van der Waals surface area (Å²) < 4.78 is 12.9. The lowest BCUT2D eigenvalue weighted by atomic mass is 9.91. The molecule has 1 atom stereocenters. The van der Waals surface area contributed by atoms with E-state index >= 15 is 0 Å². The van der Waals surface area contributed by atoms with Crippen LogP contribution in [0.5, 0.6) is 5.75 Å². The first kappa shape index (κ1) is 23.2. The predicted molar refractivity (Wildman–Crippen MR) is 130 cm³/mol. The van der Waals surface area contributed by atoms with Crippen LogP contribution < -0.4 is 10.1 Å². The molecule has 8 nitrogen and oxygen atoms in total. The summed E-state index contributed by atoms with van der Waals surface area (Å²) in [6, 6.07) is 7.97. The van der Waals surface area contributed by atoms with Gasteiger partial charge in [0, 0.05) is 43.7 Å². The predicted octanol–water partition coefficient (Wildman–Crippen LogP) is 2.65. The Hall–Kier alpha value is -2.58. The van der Waals surface area contributed by atoms with Crippen LogP contribution in [-0.2, 0) is 16.1 Å². The van der Waals surface area contributed by atoms with E-state index in [9.17, 15) is 9.59 Å². The Morgan fingerprint density at radius 2 is 1.91 bits per heavy atom. The molecule has 3 heterocycles. The number of methoxy groups -OCH3 is 1. The van der Waals surface area contributed by atoms with Gasteiger partial charge in [0.05, 0.1) is 32.4 Å². The Morgan fingerprint density at radius 1 is 1.15 bits per heavy atom. The lowest BCUT2D eigenvalue weighted by Crippen LogP contribution is -2.66. The van der Waals surface area contributed by atoms with E-state index in [0.29, 0.717) is 32.0 Å². The standard InChI is InChI=1S/C26H36N4O4/c1-26(25(32)27-20-6-4-3-5-7-20)18-29-22-17-21(33-2)9-8-19(22)16-23(29)24(31)30(26)11-10-28-12-14-34-15-13-28/h8-9,16-17,20H,3-7,10-15,18H2,1-2H3,(H,27,32)/t26-/m0/s1. The van der Waals surface area contributed by atoms with Gasteiger partial charge in [-0.3, -0.25) is 14.5 Å². The topological polar surface area (TPSA) is 76.0 Å². The van der Waals surface area contributed by atoms with Crippen LogP contribution in [0.15, 0.2) is 24.3 Å². The van der Waals surface area contributed by atoms with Crippen molar-refractivity contribution in [3.63, 3.8) is 0 Å². The van der Waals surface area contributed by atoms with Crippen LogP contribution >= 0.6 is 0 Å². The smallest absolute Gasteiger partial charge is 0.271 e. The van der Waals surface area contributed by atoms with Gasteiger partial charge in [-0.25, -0.2) is 0 Å². The van der Waals surface area contributed by atoms with Crippen molar-refractivity contribution in [2.75, 3.05) is 46.5 Å². The maximum atomic E-state index is 13.9. The summed E-state index contributed by atoms with van der Waals surface area (Å²) in [6.07, 6.45) is 5.55. The van der Waals surface area contributed by atoms with E-state index in [0.717, 1.165) is 62.0 Å². The number of aromatic nitrogens is 1. The Labute approximate surface area is 201 Å². The maximum absolute atomic E-state index is 13.9. The molecule has 1 N–H and O–H groups in total. The molecule has 5 rings (SSSR count). The minimum absolute atomic E-state index is 0.0508. The van der Waals surface area contributed by atoms with Gasteiger partial charge in [0.2, 0.25) is 5.91 Å². The van der Waals surface area contributed by atoms with Gasteiger partial charge >= 0.3 is 0 Å². The fourth-order valence-electron chi connectivity index (χ4n) is 5.66. The van der Waals surface area contributed by atoms with Crippen molar-refractivity contribution in [1.82, 2.24) is 19.7 Å². The number of hydrogen-bond acceptors (Lipinski definition) is 5. The van der Waals surface area contributed by atoms with Gasteiger partial charge in [-0.05, 0) is 38.0 Å². The fourth-order valence-corrected chi connectivity index (χ4v) is 5.66. The number of amides is 2. The van der Waals surface area contributed by atoms with Crippen LogP contribution in [-0.4, -0.2) is 84.3 Å². The normalized spacial score (nSPS) is 24.3. The average Bonchev–Trinajstić information content (AvgIpc) is 3.22. The lowest BCUT2D eigenvalue weighted by molar-refractivity contribution is -0.134. The summed E-state index contributed by atoms with van der Waals surface area (Å²) in [5, 5.41) is 4.29. The summed E-state index contributed by atoms with van der Waals surface area (Å²) in [6.45, 7) is 6.73. The largest absolute Gasteiger partial charge is 0.497 e. The van der Waals surface area contributed by atoms with E-state index in [2.05, 4.69) is 10.2 Å². The molecule has 1 aromatic heterocycles. The van der Waals surface area contributed by atoms with Crippen LogP contribution in [0.1, 0.15) is 49.5 Å². The Morgan fingerprint density at radius 3 is 2.65 bits per heavy atom. The first-order chi connectivity index (χ1) is 16.5. The molecule has 184 valence electrons. The molecule has 2 aromatic rings. The van der Waals surface area contributed by atoms with Crippen LogP contribution in [0.2, 0.25) is 0 Å². The van der Waals surface area contributed by atoms with Crippen molar-refractivity contribution < 1.29 is 19.1 Å². The molecule has 1 saturated carbocycles. The third-order valence-corrected chi connectivity index (χ3v) is 7.81. The van der Waals surface area contributed by atoms with E-state index in [1.165, 1.54) is 6.42 Å². The molecule has 3 aliphatic rings. The van der Waals surface area contributed by atoms with Crippen molar-refractivity contribution >= 4 is 22.7 Å². The maximum Gasteiger partial charge on any atom is 0.271 e. The number of ether oxygens (including phenoxy) is 2. The molecule has 0 unspecified atom stereocenters. The second kappa shape index (κ2) is 9.58. The molecule has 2 amide bonds. The van der Waals surface area contributed by atoms with Crippen molar-refractivity contribution in [1.29, 1.82) is 0 Å². The highest BCUT2D eigenvalue weighted by Crippen LogP contribution is 2.34. The summed E-state index contributed by atoms with van der Waals surface area (Å²) in [5.74, 6) is 0.602. The van der Waals surface area contributed by atoms with E-state index in [-0.39, 0.29) is 17.9 Å². The Balaban J connectivity index is 1.47. The van der Waals surface area contributed by atoms with Crippen LogP contribution in [0.25, 0.3) is 10.9 Å². The second-order valence-corrected chi connectivity index (χ2v) is 10.0. The molecular weight excluding hydrogens is 432 g/mol. The third-order valence-electron chi connectivity index (χ3n) is 7.81. The average molecular weight is 469 g/mol. The molecule has 8 heteroatoms. The number of carbonyl (C=O) groups excluding carboxylic acids is 2. The zero-order chi connectivity index (χ0) is 23.7. The number of rotatable bonds is 6. The van der Waals surface area contributed by atoms with E-state index in [1.54, 1.807) is 7.11 Å². The Bertz CT molecular complexity index is 1050. The molecule has 0 spiro atoms. The van der Waals surface area contributed by atoms with Gasteiger partial charge in [-0.1, -0.05) is 19.3 Å². The monoisotopic (exact) mass is 468 g/mol. The summed E-state index contributed by atoms with van der Waals surface area (Å²) in [4.78, 5) is 31.8. The molecule has 1 saturated heterocycles. The van der Waals surface area contributed by atoms with Crippen molar-refractivity contribution in [2.45, 2.75) is 57.2 Å². The van der Waals surface area contributed by atoms with Gasteiger partial charge in [0.25, 0.3) is 5.91 Å². The molecule has 1 aromatic carbocycles. The van der Waals surface area contributed by atoms with Crippen LogP contribution in [0.3, 0.4) is 0 Å². The lowest BCUT2D eigenvalue weighted by Gasteiger charge is -2.45. The first-order valence-electron chi connectivity index (χ1n) is 12.6. The molecule has 0 radical (unpaired) electrons. The third kappa shape index (κ3) is 4.29. The number of fused-ring (bicyclic) bond motifs is 3. The van der Waals surface area contributed by atoms with Crippen molar-refractivity contribution in [3.05, 3.63) is 30.0 Å². The summed E-state index contributed by atoms with van der Waals surface area (Å²) in [7, 11) is 1.64. The van der Waals surface area contributed by atoms with Crippen molar-refractivity contribution in [2.24, 2.45) is 0 Å². The van der Waals surface area contributed by atoms with Crippen molar-refractivity contribution in [3.8, 4) is 5.75 Å². The quantitative estimate of drug-likeness (QED) is 0.706. The Kier molecular flexibility index (Phi) is 6.53. The fraction of sp³-hybridized carbons (Fsp3) is 0.615. The summed E-state index contributed by atoms with van der Waals surface area (Å²) >= 11 is 0. The summed E-state index contributed by atoms with van der Waals surface area (Å²) in [5.41, 5.74) is 0.587. The number of carbonyl (C=O) groups is 2. The zero-order valence-corrected chi connectivity index (χ0v) is 20.3. The van der Waals surface area contributed by atoms with Gasteiger partial charge in [0.1, 0.15) is 17.0 Å². The number of nitrogens with one attached hydrogen (secondary N) is 1. The number of hydrogen-bond donors (Lipinski definition) is 1. The molecular formula is C26H36N4O4. The van der Waals surface area contributed by atoms with E-state index in [4.69, 9.17) is 9.47 Å². The molecule has 34 heavy (non-hydrogen) atoms. The van der Waals surface area contributed by atoms with Gasteiger partial charge in [-0.15, -0.1) is 0 Å². The number of morpholine rings is 1. The van der Waals surface area contributed by atoms with E-state index in [1.807, 2.05) is 40.7 Å². The van der Waals surface area contributed by atoms with Gasteiger partial charge < -0.3 is 24.3 Å². The molecule has 2 fully saturated rings. The second-order valence-electron chi connectivity index (χ2n) is 10.0. The minimum Gasteiger partial charge on any atom is -0.497 e. The SMILES string of the molecule is COc1ccc2cc3n(c2c1)C[C@@](C)(C(=O)NC1CCCCC1)N(CCN1CCOCC1)C3=O. The van der Waals surface area contributed by atoms with E-state index < -0.39 is 5.54 Å². The number of benzene rings is 1. The zero-order valence-electron chi connectivity index (χ0n) is 20.3. The highest BCUT2D eigenvalue weighted by Gasteiger charge is 2.48. The molecule has 0 bridgehead atoms. The first-order valence-corrected chi connectivity index (χ1v) is 12.6. The molecule has 2 aliphatic heterocycles. The molecule has 1 aliphatic carbocycles. The van der Waals surface area contributed by atoms with Gasteiger partial charge in [-0.2, -0.15) is 0 Å². The highest BCUT2D eigenvalue weighted by molar-refractivity contribution is 6.03. The van der Waals surface area contributed by atoms with Gasteiger partial charge in [0.15, 0.2) is 0 Å². The number of nitrogens with zero attached hydrogens (tertiary/aromatic N) is 3.